The monoisotopic (exact) mass is 375 g/mol. The molecule has 0 radical (unpaired) electrons. The molecule has 1 aromatic rings. The molecule has 3 rings (SSSR count). The van der Waals surface area contributed by atoms with Gasteiger partial charge in [0, 0.05) is 18.8 Å². The normalized spacial score (nSPS) is 18.4. The van der Waals surface area contributed by atoms with Crippen molar-refractivity contribution >= 4 is 12.0 Å². The van der Waals surface area contributed by atoms with Crippen molar-refractivity contribution in [2.75, 3.05) is 27.0 Å². The van der Waals surface area contributed by atoms with Crippen LogP contribution in [0, 0.1) is 0 Å². The zero-order chi connectivity index (χ0) is 19.4. The van der Waals surface area contributed by atoms with E-state index in [2.05, 4.69) is 10.6 Å². The maximum atomic E-state index is 12.4. The Kier molecular flexibility index (Phi) is 5.85. The number of hydrogen-bond acceptors (Lipinski definition) is 6. The van der Waals surface area contributed by atoms with E-state index in [0.717, 1.165) is 17.1 Å². The molecule has 146 valence electrons. The Morgan fingerprint density at radius 1 is 1.26 bits per heavy atom. The number of nitrogens with zero attached hydrogens (tertiary/aromatic N) is 1. The minimum Gasteiger partial charge on any atom is -0.463 e. The topological polar surface area (TPSA) is 89.1 Å². The lowest BCUT2D eigenvalue weighted by molar-refractivity contribution is -0.139. The maximum Gasteiger partial charge on any atom is 0.337 e. The summed E-state index contributed by atoms with van der Waals surface area (Å²) < 4.78 is 15.9. The molecule has 8 heteroatoms. The SMILES string of the molecule is CCOC(=O)C1=C(CN(C)Cc2ccc3c(c2)OCO3)NC(=O)N[C@H]1CC. The Hall–Kier alpha value is -2.74. The van der Waals surface area contributed by atoms with Crippen molar-refractivity contribution in [1.82, 2.24) is 15.5 Å². The first kappa shape index (κ1) is 19.0. The number of carbonyl (C=O) groups excluding carboxylic acids is 2. The molecule has 2 aliphatic rings. The van der Waals surface area contributed by atoms with E-state index in [-0.39, 0.29) is 25.5 Å². The molecule has 2 aliphatic heterocycles. The van der Waals surface area contributed by atoms with Gasteiger partial charge in [-0.2, -0.15) is 0 Å². The quantitative estimate of drug-likeness (QED) is 0.706. The zero-order valence-electron chi connectivity index (χ0n) is 15.8. The van der Waals surface area contributed by atoms with Gasteiger partial charge in [0.1, 0.15) is 0 Å². The van der Waals surface area contributed by atoms with Crippen LogP contribution in [0.3, 0.4) is 0 Å². The summed E-state index contributed by atoms with van der Waals surface area (Å²) in [6.07, 6.45) is 0.608. The Morgan fingerprint density at radius 3 is 2.78 bits per heavy atom. The molecule has 8 nitrogen and oxygen atoms in total. The molecule has 2 N–H and O–H groups in total. The predicted octanol–water partition coefficient (Wildman–Crippen LogP) is 1.76. The highest BCUT2D eigenvalue weighted by molar-refractivity contribution is 5.94. The summed E-state index contributed by atoms with van der Waals surface area (Å²) in [5.41, 5.74) is 2.11. The molecule has 0 fully saturated rings. The van der Waals surface area contributed by atoms with E-state index in [1.807, 2.05) is 37.1 Å². The largest absolute Gasteiger partial charge is 0.463 e. The van der Waals surface area contributed by atoms with E-state index in [0.29, 0.717) is 30.8 Å². The van der Waals surface area contributed by atoms with Gasteiger partial charge in [0.25, 0.3) is 0 Å². The molecule has 0 bridgehead atoms. The first-order valence-electron chi connectivity index (χ1n) is 9.06. The molecule has 0 aromatic heterocycles. The number of amides is 2. The minimum atomic E-state index is -0.400. The number of rotatable bonds is 7. The highest BCUT2D eigenvalue weighted by Crippen LogP contribution is 2.32. The summed E-state index contributed by atoms with van der Waals surface area (Å²) in [4.78, 5) is 26.4. The third-order valence-electron chi connectivity index (χ3n) is 4.46. The molecule has 0 aliphatic carbocycles. The number of benzene rings is 1. The number of urea groups is 1. The van der Waals surface area contributed by atoms with E-state index in [9.17, 15) is 9.59 Å². The van der Waals surface area contributed by atoms with Crippen LogP contribution >= 0.6 is 0 Å². The third-order valence-corrected chi connectivity index (χ3v) is 4.46. The second-order valence-corrected chi connectivity index (χ2v) is 6.53. The van der Waals surface area contributed by atoms with Crippen molar-refractivity contribution < 1.29 is 23.8 Å². The van der Waals surface area contributed by atoms with Crippen LogP contribution in [0.1, 0.15) is 25.8 Å². The van der Waals surface area contributed by atoms with Crippen molar-refractivity contribution in [3.63, 3.8) is 0 Å². The van der Waals surface area contributed by atoms with Crippen molar-refractivity contribution in [3.05, 3.63) is 35.0 Å². The molecular formula is C19H25N3O5. The lowest BCUT2D eigenvalue weighted by Crippen LogP contribution is -2.51. The Balaban J connectivity index is 1.77. The molecular weight excluding hydrogens is 350 g/mol. The summed E-state index contributed by atoms with van der Waals surface area (Å²) in [5.74, 6) is 1.07. The molecule has 27 heavy (non-hydrogen) atoms. The summed E-state index contributed by atoms with van der Waals surface area (Å²) >= 11 is 0. The van der Waals surface area contributed by atoms with Gasteiger partial charge in [-0.15, -0.1) is 0 Å². The van der Waals surface area contributed by atoms with Crippen molar-refractivity contribution in [1.29, 1.82) is 0 Å². The fraction of sp³-hybridized carbons (Fsp3) is 0.474. The van der Waals surface area contributed by atoms with E-state index < -0.39 is 5.97 Å². The molecule has 2 amide bonds. The van der Waals surface area contributed by atoms with Crippen molar-refractivity contribution in [2.24, 2.45) is 0 Å². The molecule has 0 spiro atoms. The number of fused-ring (bicyclic) bond motifs is 1. The van der Waals surface area contributed by atoms with Crippen LogP contribution in [0.4, 0.5) is 4.79 Å². The number of nitrogens with one attached hydrogen (secondary N) is 2. The van der Waals surface area contributed by atoms with Crippen LogP contribution in [0.5, 0.6) is 11.5 Å². The van der Waals surface area contributed by atoms with Gasteiger partial charge in [-0.05, 0) is 38.1 Å². The first-order chi connectivity index (χ1) is 13.0. The third kappa shape index (κ3) is 4.33. The molecule has 0 saturated carbocycles. The van der Waals surface area contributed by atoms with Gasteiger partial charge in [0.15, 0.2) is 11.5 Å². The summed E-state index contributed by atoms with van der Waals surface area (Å²) in [6, 6.07) is 5.14. The molecule has 1 atom stereocenters. The predicted molar refractivity (Wildman–Crippen MR) is 98.3 cm³/mol. The van der Waals surface area contributed by atoms with E-state index >= 15 is 0 Å². The highest BCUT2D eigenvalue weighted by atomic mass is 16.7. The van der Waals surface area contributed by atoms with Crippen LogP contribution in [-0.2, 0) is 16.1 Å². The van der Waals surface area contributed by atoms with Crippen molar-refractivity contribution in [3.8, 4) is 11.5 Å². The van der Waals surface area contributed by atoms with Gasteiger partial charge in [0.2, 0.25) is 6.79 Å². The van der Waals surface area contributed by atoms with E-state index in [1.165, 1.54) is 0 Å². The number of carbonyl (C=O) groups is 2. The van der Waals surface area contributed by atoms with Crippen molar-refractivity contribution in [2.45, 2.75) is 32.9 Å². The number of ether oxygens (including phenoxy) is 3. The van der Waals surface area contributed by atoms with E-state index in [1.54, 1.807) is 6.92 Å². The number of likely N-dealkylation sites (N-methyl/N-ethyl adjacent to an activating group) is 1. The molecule has 1 aromatic carbocycles. The molecule has 0 unspecified atom stereocenters. The lowest BCUT2D eigenvalue weighted by Gasteiger charge is -2.30. The number of hydrogen-bond donors (Lipinski definition) is 2. The standard InChI is InChI=1S/C19H25N3O5/c1-4-13-17(18(23)25-5-2)14(21-19(24)20-13)10-22(3)9-12-6-7-15-16(8-12)27-11-26-15/h6-8,13H,4-5,9-11H2,1-3H3,(H2,20,21,24)/t13-/m0/s1. The Labute approximate surface area is 158 Å². The van der Waals surface area contributed by atoms with Gasteiger partial charge in [-0.3, -0.25) is 4.90 Å². The maximum absolute atomic E-state index is 12.4. The minimum absolute atomic E-state index is 0.238. The summed E-state index contributed by atoms with van der Waals surface area (Å²) in [7, 11) is 1.93. The Bertz CT molecular complexity index is 762. The second-order valence-electron chi connectivity index (χ2n) is 6.53. The van der Waals surface area contributed by atoms with Crippen LogP contribution in [0.2, 0.25) is 0 Å². The zero-order valence-corrected chi connectivity index (χ0v) is 15.8. The summed E-state index contributed by atoms with van der Waals surface area (Å²) in [6.45, 7) is 5.24. The van der Waals surface area contributed by atoms with Gasteiger partial charge in [0.05, 0.1) is 18.2 Å². The average Bonchev–Trinajstić information content (AvgIpc) is 3.08. The second kappa shape index (κ2) is 8.30. The molecule has 0 saturated heterocycles. The average molecular weight is 375 g/mol. The van der Waals surface area contributed by atoms with Crippen LogP contribution in [0.25, 0.3) is 0 Å². The van der Waals surface area contributed by atoms with Gasteiger partial charge in [-0.1, -0.05) is 13.0 Å². The lowest BCUT2D eigenvalue weighted by atomic mass is 10.00. The molecule has 2 heterocycles. The number of esters is 1. The van der Waals surface area contributed by atoms with Crippen LogP contribution < -0.4 is 20.1 Å². The Morgan fingerprint density at radius 2 is 2.04 bits per heavy atom. The fourth-order valence-corrected chi connectivity index (χ4v) is 3.26. The van der Waals surface area contributed by atoms with Crippen LogP contribution in [-0.4, -0.2) is 49.9 Å². The van der Waals surface area contributed by atoms with Gasteiger partial charge in [-0.25, -0.2) is 9.59 Å². The van der Waals surface area contributed by atoms with Crippen LogP contribution in [0.15, 0.2) is 29.5 Å². The summed E-state index contributed by atoms with van der Waals surface area (Å²) in [5, 5.41) is 5.55. The smallest absolute Gasteiger partial charge is 0.337 e. The van der Waals surface area contributed by atoms with Gasteiger partial charge >= 0.3 is 12.0 Å². The highest BCUT2D eigenvalue weighted by Gasteiger charge is 2.31. The van der Waals surface area contributed by atoms with E-state index in [4.69, 9.17) is 14.2 Å². The fourth-order valence-electron chi connectivity index (χ4n) is 3.26. The van der Waals surface area contributed by atoms with Gasteiger partial charge < -0.3 is 24.8 Å². The first-order valence-corrected chi connectivity index (χ1v) is 9.06.